The van der Waals surface area contributed by atoms with E-state index in [1.54, 1.807) is 6.07 Å². The number of hydrogen-bond donors (Lipinski definition) is 0. The van der Waals surface area contributed by atoms with E-state index in [0.29, 0.717) is 4.60 Å². The molecule has 2 heterocycles. The number of nitrogens with zero attached hydrogens (tertiary/aromatic N) is 1. The van der Waals surface area contributed by atoms with Gasteiger partial charge in [-0.05, 0) is 28.1 Å². The molecule has 0 spiro atoms. The molecule has 0 bridgehead atoms. The summed E-state index contributed by atoms with van der Waals surface area (Å²) >= 11 is 3.11. The third-order valence-electron chi connectivity index (χ3n) is 1.21. The Hall–Kier alpha value is -0.610. The van der Waals surface area contributed by atoms with Crippen LogP contribution >= 0.6 is 15.9 Å². The van der Waals surface area contributed by atoms with Gasteiger partial charge in [-0.15, -0.1) is 0 Å². The van der Waals surface area contributed by atoms with E-state index >= 15 is 0 Å². The fraction of sp³-hybridized carbons (Fsp3) is 0.375. The van der Waals surface area contributed by atoms with E-state index in [1.807, 2.05) is 0 Å². The highest BCUT2D eigenvalue weighted by molar-refractivity contribution is 9.10. The van der Waals surface area contributed by atoms with Crippen molar-refractivity contribution in [2.45, 2.75) is 6.08 Å². The average molecular weight is 235 g/mol. The van der Waals surface area contributed by atoms with E-state index in [1.165, 1.54) is 12.3 Å². The van der Waals surface area contributed by atoms with Gasteiger partial charge in [-0.1, -0.05) is 0 Å². The minimum Gasteiger partial charge on any atom is -0.484 e. The standard InChI is InChI=1S/C8H8BrNO2/c9-8-2-1-6(3-10-8)12-7-4-11-5-7/h1-3,7H,4-5H2/i4D2,5D2,7D. The van der Waals surface area contributed by atoms with Crippen LogP contribution in [0.4, 0.5) is 0 Å². The van der Waals surface area contributed by atoms with Gasteiger partial charge in [0.1, 0.15) is 16.4 Å². The van der Waals surface area contributed by atoms with Gasteiger partial charge < -0.3 is 9.47 Å². The molecule has 64 valence electrons. The van der Waals surface area contributed by atoms with Gasteiger partial charge >= 0.3 is 0 Å². The SMILES string of the molecule is [2H]C1([2H])OC([2H])([2H])C1([2H])Oc1ccc(Br)nc1. The molecule has 1 aliphatic heterocycles. The molecular weight excluding hydrogens is 222 g/mol. The molecule has 1 aliphatic rings. The van der Waals surface area contributed by atoms with Gasteiger partial charge in [0.25, 0.3) is 0 Å². The van der Waals surface area contributed by atoms with Crippen molar-refractivity contribution in [2.75, 3.05) is 13.1 Å². The lowest BCUT2D eigenvalue weighted by Gasteiger charge is -2.26. The first-order valence-corrected chi connectivity index (χ1v) is 3.98. The van der Waals surface area contributed by atoms with Crippen LogP contribution in [-0.2, 0) is 4.74 Å². The molecule has 0 aliphatic carbocycles. The lowest BCUT2D eigenvalue weighted by Crippen LogP contribution is -2.38. The average Bonchev–Trinajstić information content (AvgIpc) is 2.19. The smallest absolute Gasteiger partial charge is 0.145 e. The van der Waals surface area contributed by atoms with E-state index < -0.39 is 19.2 Å². The minimum atomic E-state index is -2.51. The van der Waals surface area contributed by atoms with Gasteiger partial charge in [0.05, 0.1) is 26.2 Å². The van der Waals surface area contributed by atoms with E-state index in [-0.39, 0.29) is 5.75 Å². The highest BCUT2D eigenvalue weighted by atomic mass is 79.9. The summed E-state index contributed by atoms with van der Waals surface area (Å²) in [5.41, 5.74) is 0. The number of hydrogen-bond acceptors (Lipinski definition) is 3. The zero-order chi connectivity index (χ0) is 12.9. The third-order valence-corrected chi connectivity index (χ3v) is 1.68. The largest absolute Gasteiger partial charge is 0.484 e. The van der Waals surface area contributed by atoms with Gasteiger partial charge in [0, 0.05) is 0 Å². The third kappa shape index (κ3) is 1.76. The monoisotopic (exact) mass is 234 g/mol. The topological polar surface area (TPSA) is 31.4 Å². The zero-order valence-corrected chi connectivity index (χ0v) is 7.46. The van der Waals surface area contributed by atoms with Gasteiger partial charge in [-0.3, -0.25) is 0 Å². The number of ether oxygens (including phenoxy) is 2. The highest BCUT2D eigenvalue weighted by Crippen LogP contribution is 2.16. The number of halogens is 1. The van der Waals surface area contributed by atoms with Crippen molar-refractivity contribution >= 4 is 15.9 Å². The van der Waals surface area contributed by atoms with E-state index in [9.17, 15) is 0 Å². The lowest BCUT2D eigenvalue weighted by molar-refractivity contribution is -0.0798. The van der Waals surface area contributed by atoms with Gasteiger partial charge in [0.2, 0.25) is 0 Å². The molecule has 0 aromatic carbocycles. The molecule has 0 amide bonds. The Balaban J connectivity index is 2.25. The summed E-state index contributed by atoms with van der Waals surface area (Å²) in [5.74, 6) is 0.0965. The van der Waals surface area contributed by atoms with Crippen LogP contribution in [0.1, 0.15) is 6.85 Å². The second kappa shape index (κ2) is 3.41. The van der Waals surface area contributed by atoms with E-state index in [0.717, 1.165) is 0 Å². The van der Waals surface area contributed by atoms with Crippen LogP contribution in [0.2, 0.25) is 0 Å². The summed E-state index contributed by atoms with van der Waals surface area (Å²) in [6, 6.07) is 3.00. The van der Waals surface area contributed by atoms with Crippen LogP contribution in [0.25, 0.3) is 0 Å². The molecule has 0 N–H and O–H groups in total. The maximum Gasteiger partial charge on any atom is 0.145 e. The van der Waals surface area contributed by atoms with E-state index in [2.05, 4.69) is 25.7 Å². The Bertz CT molecular complexity index is 424. The first-order valence-electron chi connectivity index (χ1n) is 5.69. The molecule has 12 heavy (non-hydrogen) atoms. The quantitative estimate of drug-likeness (QED) is 0.730. The van der Waals surface area contributed by atoms with Crippen molar-refractivity contribution in [3.63, 3.8) is 0 Å². The first-order chi connectivity index (χ1) is 7.68. The van der Waals surface area contributed by atoms with Crippen molar-refractivity contribution in [1.29, 1.82) is 0 Å². The predicted octanol–water partition coefficient (Wildman–Crippen LogP) is 1.62. The summed E-state index contributed by atoms with van der Waals surface area (Å²) < 4.78 is 47.0. The van der Waals surface area contributed by atoms with Crippen molar-refractivity contribution in [1.82, 2.24) is 4.98 Å². The summed E-state index contributed by atoms with van der Waals surface area (Å²) in [4.78, 5) is 3.84. The van der Waals surface area contributed by atoms with Gasteiger partial charge in [-0.2, -0.15) is 0 Å². The predicted molar refractivity (Wildman–Crippen MR) is 47.2 cm³/mol. The van der Waals surface area contributed by atoms with Crippen molar-refractivity contribution in [3.05, 3.63) is 22.9 Å². The van der Waals surface area contributed by atoms with Crippen LogP contribution < -0.4 is 4.74 Å². The maximum atomic E-state index is 7.72. The molecule has 1 fully saturated rings. The van der Waals surface area contributed by atoms with Crippen LogP contribution in [-0.4, -0.2) is 24.2 Å². The van der Waals surface area contributed by atoms with Crippen LogP contribution in [0.5, 0.6) is 5.75 Å². The highest BCUT2D eigenvalue weighted by Gasteiger charge is 2.19. The molecule has 4 heteroatoms. The zero-order valence-electron chi connectivity index (χ0n) is 10.9. The number of aromatic nitrogens is 1. The number of rotatable bonds is 2. The van der Waals surface area contributed by atoms with E-state index in [4.69, 9.17) is 11.6 Å². The first kappa shape index (κ1) is 4.07. The molecule has 3 nitrogen and oxygen atoms in total. The number of pyridine rings is 1. The Morgan fingerprint density at radius 2 is 2.58 bits per heavy atom. The minimum absolute atomic E-state index is 0.0965. The summed E-state index contributed by atoms with van der Waals surface area (Å²) in [6.07, 6.45) is -1.18. The molecular formula is C8H8BrNO2. The summed E-state index contributed by atoms with van der Waals surface area (Å²) in [6.45, 7) is -5.02. The molecule has 0 atom stereocenters. The molecule has 0 saturated carbocycles. The van der Waals surface area contributed by atoms with Crippen LogP contribution in [0, 0.1) is 0 Å². The Labute approximate surface area is 85.9 Å². The molecule has 1 saturated heterocycles. The Kier molecular flexibility index (Phi) is 1.16. The second-order valence-electron chi connectivity index (χ2n) is 2.05. The molecule has 1 aromatic heterocycles. The lowest BCUT2D eigenvalue weighted by atomic mass is 10.3. The fourth-order valence-electron chi connectivity index (χ4n) is 0.675. The van der Waals surface area contributed by atoms with Crippen LogP contribution in [0.3, 0.4) is 0 Å². The van der Waals surface area contributed by atoms with Crippen molar-refractivity contribution < 1.29 is 16.3 Å². The second-order valence-corrected chi connectivity index (χ2v) is 2.87. The molecule has 0 unspecified atom stereocenters. The summed E-state index contributed by atoms with van der Waals surface area (Å²) in [5, 5.41) is 0. The Morgan fingerprint density at radius 3 is 3.17 bits per heavy atom. The normalized spacial score (nSPS) is 34.2. The van der Waals surface area contributed by atoms with Gasteiger partial charge in [-0.25, -0.2) is 4.98 Å². The van der Waals surface area contributed by atoms with Gasteiger partial charge in [0.15, 0.2) is 0 Å². The van der Waals surface area contributed by atoms with Crippen LogP contribution in [0.15, 0.2) is 22.9 Å². The fourth-order valence-corrected chi connectivity index (χ4v) is 0.909. The molecule has 1 aromatic rings. The Morgan fingerprint density at radius 1 is 1.75 bits per heavy atom. The van der Waals surface area contributed by atoms with Crippen molar-refractivity contribution in [2.24, 2.45) is 0 Å². The summed E-state index contributed by atoms with van der Waals surface area (Å²) in [7, 11) is 0. The van der Waals surface area contributed by atoms with Crippen molar-refractivity contribution in [3.8, 4) is 5.75 Å². The molecule has 0 radical (unpaired) electrons. The maximum absolute atomic E-state index is 7.72. The molecule has 2 rings (SSSR count).